The number of rotatable bonds is 6. The van der Waals surface area contributed by atoms with Gasteiger partial charge in [0.1, 0.15) is 5.65 Å². The van der Waals surface area contributed by atoms with E-state index in [1.807, 2.05) is 66.2 Å². The zero-order chi connectivity index (χ0) is 20.2. The Labute approximate surface area is 171 Å². The van der Waals surface area contributed by atoms with Crippen LogP contribution in [0.4, 0.5) is 0 Å². The summed E-state index contributed by atoms with van der Waals surface area (Å²) in [5.74, 6) is -0.0786. The standard InChI is InChI=1S/C23H28N4O2/c1-25(15-18-9-3-2-4-10-18)23(29)22-20(27-14-8-6-12-21(27)24-22)16-26-13-7-5-11-19(26)17-28/h2-4,6,8-10,12,14,19,28H,5,7,11,13,15-17H2,1H3. The fourth-order valence-electron chi connectivity index (χ4n) is 4.15. The molecular weight excluding hydrogens is 364 g/mol. The minimum atomic E-state index is -0.0786. The number of aromatic nitrogens is 2. The first-order valence-corrected chi connectivity index (χ1v) is 10.3. The van der Waals surface area contributed by atoms with E-state index in [1.165, 1.54) is 0 Å². The molecule has 1 aliphatic heterocycles. The number of hydrogen-bond donors (Lipinski definition) is 1. The molecule has 152 valence electrons. The van der Waals surface area contributed by atoms with Crippen molar-refractivity contribution < 1.29 is 9.90 Å². The van der Waals surface area contributed by atoms with Gasteiger partial charge in [-0.3, -0.25) is 9.69 Å². The number of hydrogen-bond acceptors (Lipinski definition) is 4. The van der Waals surface area contributed by atoms with Crippen molar-refractivity contribution in [3.8, 4) is 0 Å². The second-order valence-corrected chi connectivity index (χ2v) is 7.79. The average Bonchev–Trinajstić information content (AvgIpc) is 3.12. The molecule has 2 aromatic heterocycles. The molecule has 1 aromatic carbocycles. The molecule has 0 bridgehead atoms. The first-order valence-electron chi connectivity index (χ1n) is 10.3. The fraction of sp³-hybridized carbons (Fsp3) is 0.391. The number of benzene rings is 1. The van der Waals surface area contributed by atoms with Crippen LogP contribution in [0.1, 0.15) is 41.0 Å². The number of amides is 1. The van der Waals surface area contributed by atoms with Gasteiger partial charge in [0.15, 0.2) is 5.69 Å². The molecular formula is C23H28N4O2. The van der Waals surface area contributed by atoms with E-state index in [9.17, 15) is 9.90 Å². The van der Waals surface area contributed by atoms with E-state index in [4.69, 9.17) is 0 Å². The second kappa shape index (κ2) is 8.76. The van der Waals surface area contributed by atoms with Gasteiger partial charge < -0.3 is 14.4 Å². The molecule has 3 heterocycles. The van der Waals surface area contributed by atoms with E-state index in [0.29, 0.717) is 18.8 Å². The number of pyridine rings is 1. The molecule has 1 saturated heterocycles. The van der Waals surface area contributed by atoms with E-state index < -0.39 is 0 Å². The summed E-state index contributed by atoms with van der Waals surface area (Å²) in [4.78, 5) is 22.0. The fourth-order valence-corrected chi connectivity index (χ4v) is 4.15. The molecule has 6 heteroatoms. The van der Waals surface area contributed by atoms with Crippen LogP contribution in [0.2, 0.25) is 0 Å². The molecule has 4 rings (SSSR count). The number of fused-ring (bicyclic) bond motifs is 1. The number of imidazole rings is 1. The molecule has 0 radical (unpaired) electrons. The first-order chi connectivity index (χ1) is 14.2. The van der Waals surface area contributed by atoms with Crippen molar-refractivity contribution in [2.24, 2.45) is 0 Å². The topological polar surface area (TPSA) is 61.1 Å². The van der Waals surface area contributed by atoms with Crippen LogP contribution in [0.15, 0.2) is 54.7 Å². The van der Waals surface area contributed by atoms with E-state index in [-0.39, 0.29) is 18.6 Å². The zero-order valence-electron chi connectivity index (χ0n) is 16.9. The molecule has 1 aliphatic rings. The summed E-state index contributed by atoms with van der Waals surface area (Å²) in [6, 6.07) is 15.9. The highest BCUT2D eigenvalue weighted by Gasteiger charge is 2.27. The van der Waals surface area contributed by atoms with Gasteiger partial charge >= 0.3 is 0 Å². The predicted octanol–water partition coefficient (Wildman–Crippen LogP) is 2.95. The summed E-state index contributed by atoms with van der Waals surface area (Å²) < 4.78 is 2.01. The molecule has 1 atom stereocenters. The number of carbonyl (C=O) groups is 1. The Hall–Kier alpha value is -2.70. The summed E-state index contributed by atoms with van der Waals surface area (Å²) in [6.07, 6.45) is 5.21. The van der Waals surface area contributed by atoms with Gasteiger partial charge in [0.25, 0.3) is 5.91 Å². The molecule has 0 saturated carbocycles. The smallest absolute Gasteiger partial charge is 0.274 e. The summed E-state index contributed by atoms with van der Waals surface area (Å²) in [5, 5.41) is 9.79. The lowest BCUT2D eigenvalue weighted by atomic mass is 10.0. The Balaban J connectivity index is 1.64. The third-order valence-corrected chi connectivity index (χ3v) is 5.75. The third-order valence-electron chi connectivity index (χ3n) is 5.75. The van der Waals surface area contributed by atoms with Crippen molar-refractivity contribution in [1.82, 2.24) is 19.2 Å². The van der Waals surface area contributed by atoms with Crippen molar-refractivity contribution in [1.29, 1.82) is 0 Å². The maximum Gasteiger partial charge on any atom is 0.274 e. The molecule has 1 unspecified atom stereocenters. The predicted molar refractivity (Wildman–Crippen MR) is 113 cm³/mol. The van der Waals surface area contributed by atoms with E-state index in [2.05, 4.69) is 9.88 Å². The molecule has 29 heavy (non-hydrogen) atoms. The second-order valence-electron chi connectivity index (χ2n) is 7.79. The molecule has 1 fully saturated rings. The van der Waals surface area contributed by atoms with Gasteiger partial charge in [-0.2, -0.15) is 0 Å². The highest BCUT2D eigenvalue weighted by Crippen LogP contribution is 2.23. The van der Waals surface area contributed by atoms with Gasteiger partial charge in [0.2, 0.25) is 0 Å². The first kappa shape index (κ1) is 19.6. The zero-order valence-corrected chi connectivity index (χ0v) is 16.9. The largest absolute Gasteiger partial charge is 0.395 e. The van der Waals surface area contributed by atoms with Crippen molar-refractivity contribution in [3.63, 3.8) is 0 Å². The van der Waals surface area contributed by atoms with Gasteiger partial charge in [-0.15, -0.1) is 0 Å². The van der Waals surface area contributed by atoms with E-state index in [0.717, 1.165) is 42.7 Å². The Morgan fingerprint density at radius 2 is 1.97 bits per heavy atom. The Morgan fingerprint density at radius 3 is 2.76 bits per heavy atom. The van der Waals surface area contributed by atoms with Gasteiger partial charge in [0.05, 0.1) is 12.3 Å². The van der Waals surface area contributed by atoms with Crippen LogP contribution in [-0.2, 0) is 13.1 Å². The lowest BCUT2D eigenvalue weighted by molar-refractivity contribution is 0.0754. The molecule has 0 aliphatic carbocycles. The summed E-state index contributed by atoms with van der Waals surface area (Å²) in [5.41, 5.74) is 3.25. The molecule has 3 aromatic rings. The Kier molecular flexibility index (Phi) is 5.92. The van der Waals surface area contributed by atoms with Gasteiger partial charge in [-0.25, -0.2) is 4.98 Å². The maximum atomic E-state index is 13.3. The van der Waals surface area contributed by atoms with Crippen LogP contribution in [0.3, 0.4) is 0 Å². The monoisotopic (exact) mass is 392 g/mol. The molecule has 1 amide bonds. The number of aliphatic hydroxyl groups is 1. The maximum absolute atomic E-state index is 13.3. The van der Waals surface area contributed by atoms with Crippen molar-refractivity contribution in [2.45, 2.75) is 38.4 Å². The number of nitrogens with zero attached hydrogens (tertiary/aromatic N) is 4. The van der Waals surface area contributed by atoms with Gasteiger partial charge in [0, 0.05) is 32.4 Å². The highest BCUT2D eigenvalue weighted by atomic mass is 16.3. The molecule has 1 N–H and O–H groups in total. The van der Waals surface area contributed by atoms with Crippen molar-refractivity contribution >= 4 is 11.6 Å². The minimum absolute atomic E-state index is 0.0786. The number of aliphatic hydroxyl groups excluding tert-OH is 1. The molecule has 6 nitrogen and oxygen atoms in total. The third kappa shape index (κ3) is 4.18. The lowest BCUT2D eigenvalue weighted by Gasteiger charge is -2.34. The highest BCUT2D eigenvalue weighted by molar-refractivity contribution is 5.94. The minimum Gasteiger partial charge on any atom is -0.395 e. The Morgan fingerprint density at radius 1 is 1.17 bits per heavy atom. The van der Waals surface area contributed by atoms with Gasteiger partial charge in [-0.05, 0) is 37.1 Å². The normalized spacial score (nSPS) is 17.5. The van der Waals surface area contributed by atoms with Crippen LogP contribution < -0.4 is 0 Å². The van der Waals surface area contributed by atoms with Crippen molar-refractivity contribution in [3.05, 3.63) is 71.7 Å². The van der Waals surface area contributed by atoms with Crippen LogP contribution in [0.25, 0.3) is 5.65 Å². The number of carbonyl (C=O) groups excluding carboxylic acids is 1. The van der Waals surface area contributed by atoms with Gasteiger partial charge in [-0.1, -0.05) is 42.8 Å². The van der Waals surface area contributed by atoms with E-state index in [1.54, 1.807) is 4.90 Å². The summed E-state index contributed by atoms with van der Waals surface area (Å²) >= 11 is 0. The lowest BCUT2D eigenvalue weighted by Crippen LogP contribution is -2.42. The van der Waals surface area contributed by atoms with Crippen LogP contribution in [0, 0.1) is 0 Å². The number of likely N-dealkylation sites (tertiary alicyclic amines) is 1. The van der Waals surface area contributed by atoms with Crippen LogP contribution in [0.5, 0.6) is 0 Å². The molecule has 0 spiro atoms. The van der Waals surface area contributed by atoms with Crippen molar-refractivity contribution in [2.75, 3.05) is 20.2 Å². The van der Waals surface area contributed by atoms with Crippen LogP contribution in [-0.4, -0.2) is 56.4 Å². The Bertz CT molecular complexity index is 969. The number of piperidine rings is 1. The summed E-state index contributed by atoms with van der Waals surface area (Å²) in [6.45, 7) is 2.22. The SMILES string of the molecule is CN(Cc1ccccc1)C(=O)c1nc2ccccn2c1CN1CCCCC1CO. The van der Waals surface area contributed by atoms with Crippen LogP contribution >= 0.6 is 0 Å². The average molecular weight is 393 g/mol. The summed E-state index contributed by atoms with van der Waals surface area (Å²) in [7, 11) is 1.82. The van der Waals surface area contributed by atoms with E-state index >= 15 is 0 Å². The quantitative estimate of drug-likeness (QED) is 0.701.